The fraction of sp³-hybridized carbons (Fsp3) is 0.600. The zero-order valence-electron chi connectivity index (χ0n) is 27.7. The van der Waals surface area contributed by atoms with Gasteiger partial charge in [-0.3, -0.25) is 9.59 Å². The van der Waals surface area contributed by atoms with Crippen LogP contribution in [0.1, 0.15) is 82.5 Å². The van der Waals surface area contributed by atoms with E-state index >= 15 is 0 Å². The molecule has 0 bridgehead atoms. The van der Waals surface area contributed by atoms with Crippen LogP contribution in [-0.4, -0.2) is 86.1 Å². The highest BCUT2D eigenvalue weighted by Crippen LogP contribution is 2.30. The van der Waals surface area contributed by atoms with E-state index in [1.807, 2.05) is 13.8 Å². The quantitative estimate of drug-likeness (QED) is 0.394. The summed E-state index contributed by atoms with van der Waals surface area (Å²) in [6.45, 7) is 6.14. The van der Waals surface area contributed by atoms with Gasteiger partial charge < -0.3 is 24.8 Å². The SMILES string of the molecule is C[C@@H]1CCCCO[C@@H](CN(C)S(=O)(=O)c2ccccc2)[C@@H](C)CN([C@@H](C)CO)C(=O)c2cc(NC(=O)C3CCCCC3)ccc2O1. The summed E-state index contributed by atoms with van der Waals surface area (Å²) in [5.41, 5.74) is 0.831. The second-order valence-corrected chi connectivity index (χ2v) is 15.0. The van der Waals surface area contributed by atoms with Gasteiger partial charge in [-0.2, -0.15) is 4.31 Å². The second-order valence-electron chi connectivity index (χ2n) is 12.9. The van der Waals surface area contributed by atoms with Gasteiger partial charge in [-0.1, -0.05) is 44.4 Å². The van der Waals surface area contributed by atoms with E-state index in [0.717, 1.165) is 51.4 Å². The summed E-state index contributed by atoms with van der Waals surface area (Å²) in [5, 5.41) is 13.2. The maximum atomic E-state index is 14.3. The Kier molecular flexibility index (Phi) is 13.0. The van der Waals surface area contributed by atoms with Crippen molar-refractivity contribution in [3.63, 3.8) is 0 Å². The van der Waals surface area contributed by atoms with Crippen LogP contribution in [-0.2, 0) is 19.6 Å². The van der Waals surface area contributed by atoms with Gasteiger partial charge in [0.15, 0.2) is 0 Å². The predicted octanol–water partition coefficient (Wildman–Crippen LogP) is 5.32. The molecule has 46 heavy (non-hydrogen) atoms. The number of amides is 2. The van der Waals surface area contributed by atoms with Gasteiger partial charge in [0.05, 0.1) is 35.3 Å². The largest absolute Gasteiger partial charge is 0.490 e. The van der Waals surface area contributed by atoms with Gasteiger partial charge >= 0.3 is 0 Å². The van der Waals surface area contributed by atoms with E-state index in [1.165, 1.54) is 4.31 Å². The Morgan fingerprint density at radius 2 is 1.74 bits per heavy atom. The third kappa shape index (κ3) is 9.30. The lowest BCUT2D eigenvalue weighted by molar-refractivity contribution is -0.120. The first-order valence-corrected chi connectivity index (χ1v) is 18.1. The average molecular weight is 658 g/mol. The van der Waals surface area contributed by atoms with Gasteiger partial charge in [-0.25, -0.2) is 8.42 Å². The Labute approximate surface area is 274 Å². The lowest BCUT2D eigenvalue weighted by Gasteiger charge is -2.35. The molecule has 0 aromatic heterocycles. The topological polar surface area (TPSA) is 125 Å². The highest BCUT2D eigenvalue weighted by molar-refractivity contribution is 7.89. The van der Waals surface area contributed by atoms with Crippen molar-refractivity contribution in [2.45, 2.75) is 95.3 Å². The highest BCUT2D eigenvalue weighted by atomic mass is 32.2. The molecule has 1 fully saturated rings. The number of likely N-dealkylation sites (N-methyl/N-ethyl adjacent to an activating group) is 1. The monoisotopic (exact) mass is 657 g/mol. The maximum absolute atomic E-state index is 14.3. The molecule has 0 saturated heterocycles. The molecule has 2 aromatic rings. The molecule has 2 aromatic carbocycles. The summed E-state index contributed by atoms with van der Waals surface area (Å²) in [7, 11) is -2.21. The van der Waals surface area contributed by atoms with E-state index in [-0.39, 0.29) is 54.3 Å². The maximum Gasteiger partial charge on any atom is 0.258 e. The third-order valence-corrected chi connectivity index (χ3v) is 11.0. The van der Waals surface area contributed by atoms with Crippen LogP contribution in [0.25, 0.3) is 0 Å². The summed E-state index contributed by atoms with van der Waals surface area (Å²) in [5.74, 6) is -0.278. The van der Waals surface area contributed by atoms with Gasteiger partial charge in [-0.05, 0) is 76.3 Å². The molecular weight excluding hydrogens is 606 g/mol. The Bertz CT molecular complexity index is 1400. The standard InChI is InChI=1S/C35H51N3O7S/c1-25-22-38(26(2)24-39)35(41)31-21-29(36-34(40)28-14-7-5-8-15-28)18-19-32(31)45-27(3)13-11-12-20-44-33(25)23-37(4)46(42,43)30-16-9-6-10-17-30/h6,9-10,16-19,21,25-28,33,39H,5,7-8,11-15,20,22-24H2,1-4H3,(H,36,40)/t25-,26-,27+,33-/m0/s1. The van der Waals surface area contributed by atoms with Gasteiger partial charge in [0.25, 0.3) is 5.91 Å². The van der Waals surface area contributed by atoms with Crippen molar-refractivity contribution in [1.82, 2.24) is 9.21 Å². The smallest absolute Gasteiger partial charge is 0.258 e. The number of carbonyl (C=O) groups excluding carboxylic acids is 2. The minimum atomic E-state index is -3.76. The number of fused-ring (bicyclic) bond motifs is 1. The Morgan fingerprint density at radius 1 is 1.04 bits per heavy atom. The molecule has 0 unspecified atom stereocenters. The van der Waals surface area contributed by atoms with Crippen molar-refractivity contribution in [2.75, 3.05) is 38.7 Å². The van der Waals surface area contributed by atoms with Crippen LogP contribution in [0.15, 0.2) is 53.4 Å². The highest BCUT2D eigenvalue weighted by Gasteiger charge is 2.32. The molecule has 1 heterocycles. The molecule has 0 spiro atoms. The summed E-state index contributed by atoms with van der Waals surface area (Å²) >= 11 is 0. The summed E-state index contributed by atoms with van der Waals surface area (Å²) < 4.78 is 40.6. The van der Waals surface area contributed by atoms with E-state index in [0.29, 0.717) is 23.6 Å². The molecular formula is C35H51N3O7S. The number of aliphatic hydroxyl groups is 1. The van der Waals surface area contributed by atoms with Crippen LogP contribution in [0, 0.1) is 11.8 Å². The number of nitrogens with zero attached hydrogens (tertiary/aromatic N) is 2. The van der Waals surface area contributed by atoms with E-state index in [1.54, 1.807) is 67.4 Å². The molecule has 11 heteroatoms. The van der Waals surface area contributed by atoms with Crippen molar-refractivity contribution in [1.29, 1.82) is 0 Å². The van der Waals surface area contributed by atoms with E-state index in [4.69, 9.17) is 9.47 Å². The van der Waals surface area contributed by atoms with E-state index < -0.39 is 22.2 Å². The summed E-state index contributed by atoms with van der Waals surface area (Å²) in [4.78, 5) is 29.2. The Balaban J connectivity index is 1.63. The molecule has 10 nitrogen and oxygen atoms in total. The molecule has 254 valence electrons. The Hall–Kier alpha value is -2.99. The minimum Gasteiger partial charge on any atom is -0.490 e. The first-order chi connectivity index (χ1) is 22.0. The number of rotatable bonds is 8. The molecule has 4 atom stereocenters. The first-order valence-electron chi connectivity index (χ1n) is 16.7. The molecule has 1 aliphatic heterocycles. The lowest BCUT2D eigenvalue weighted by Crippen LogP contribution is -2.48. The fourth-order valence-corrected chi connectivity index (χ4v) is 7.40. The number of aliphatic hydroxyl groups excluding tert-OH is 1. The van der Waals surface area contributed by atoms with Crippen molar-refractivity contribution >= 4 is 27.5 Å². The van der Waals surface area contributed by atoms with Crippen LogP contribution in [0.4, 0.5) is 5.69 Å². The number of nitrogens with one attached hydrogen (secondary N) is 1. The van der Waals surface area contributed by atoms with Crippen LogP contribution < -0.4 is 10.1 Å². The van der Waals surface area contributed by atoms with Crippen molar-refractivity contribution in [3.05, 3.63) is 54.1 Å². The van der Waals surface area contributed by atoms with Gasteiger partial charge in [-0.15, -0.1) is 0 Å². The molecule has 2 aliphatic rings. The van der Waals surface area contributed by atoms with Crippen molar-refractivity contribution in [3.8, 4) is 5.75 Å². The molecule has 4 rings (SSSR count). The van der Waals surface area contributed by atoms with Crippen LogP contribution >= 0.6 is 0 Å². The first kappa shape index (κ1) is 35.9. The van der Waals surface area contributed by atoms with Crippen molar-refractivity contribution < 1.29 is 32.6 Å². The minimum absolute atomic E-state index is 0.0361. The number of carbonyl (C=O) groups is 2. The van der Waals surface area contributed by atoms with Crippen LogP contribution in [0.2, 0.25) is 0 Å². The molecule has 0 radical (unpaired) electrons. The number of anilines is 1. The second kappa shape index (κ2) is 16.7. The zero-order chi connectivity index (χ0) is 33.3. The fourth-order valence-electron chi connectivity index (χ4n) is 6.20. The summed E-state index contributed by atoms with van der Waals surface area (Å²) in [6, 6.07) is 12.9. The number of hydrogen-bond donors (Lipinski definition) is 2. The molecule has 2 N–H and O–H groups in total. The van der Waals surface area contributed by atoms with E-state index in [2.05, 4.69) is 5.32 Å². The zero-order valence-corrected chi connectivity index (χ0v) is 28.5. The number of benzene rings is 2. The normalized spacial score (nSPS) is 23.2. The van der Waals surface area contributed by atoms with Crippen LogP contribution in [0.3, 0.4) is 0 Å². The van der Waals surface area contributed by atoms with Gasteiger partial charge in [0, 0.05) is 44.3 Å². The predicted molar refractivity (Wildman–Crippen MR) is 178 cm³/mol. The van der Waals surface area contributed by atoms with Gasteiger partial charge in [0.2, 0.25) is 15.9 Å². The Morgan fingerprint density at radius 3 is 2.43 bits per heavy atom. The molecule has 1 aliphatic carbocycles. The number of ether oxygens (including phenoxy) is 2. The van der Waals surface area contributed by atoms with Crippen LogP contribution in [0.5, 0.6) is 5.75 Å². The third-order valence-electron chi connectivity index (χ3n) is 9.18. The summed E-state index contributed by atoms with van der Waals surface area (Å²) in [6.07, 6.45) is 6.58. The molecule has 2 amide bonds. The van der Waals surface area contributed by atoms with E-state index in [9.17, 15) is 23.1 Å². The van der Waals surface area contributed by atoms with Gasteiger partial charge in [0.1, 0.15) is 5.75 Å². The average Bonchev–Trinajstić information content (AvgIpc) is 3.06. The number of hydrogen-bond acceptors (Lipinski definition) is 7. The number of sulfonamides is 1. The molecule has 1 saturated carbocycles. The lowest BCUT2D eigenvalue weighted by atomic mass is 9.88. The van der Waals surface area contributed by atoms with Crippen molar-refractivity contribution in [2.24, 2.45) is 11.8 Å².